The molecule has 2 rings (SSSR count). The Kier molecular flexibility index (Phi) is 4.73. The maximum atomic E-state index is 12.5. The van der Waals surface area contributed by atoms with Crippen molar-refractivity contribution in [2.75, 3.05) is 4.72 Å². The molecule has 0 saturated carbocycles. The first kappa shape index (κ1) is 16.3. The number of hydrogen-bond donors (Lipinski definition) is 2. The van der Waals surface area contributed by atoms with Crippen LogP contribution in [0.2, 0.25) is 5.02 Å². The van der Waals surface area contributed by atoms with Gasteiger partial charge in [0.15, 0.2) is 0 Å². The van der Waals surface area contributed by atoms with E-state index in [-0.39, 0.29) is 16.1 Å². The summed E-state index contributed by atoms with van der Waals surface area (Å²) in [7, 11) is -3.83. The quantitative estimate of drug-likeness (QED) is 0.878. The lowest BCUT2D eigenvalue weighted by molar-refractivity contribution is 0.100. The van der Waals surface area contributed by atoms with E-state index in [1.807, 2.05) is 6.92 Å². The Hall–Kier alpha value is -2.05. The minimum Gasteiger partial charge on any atom is -0.366 e. The first-order chi connectivity index (χ1) is 10.3. The predicted molar refractivity (Wildman–Crippen MR) is 86.6 cm³/mol. The monoisotopic (exact) mass is 338 g/mol. The second-order valence-electron chi connectivity index (χ2n) is 4.62. The number of anilines is 1. The zero-order valence-electron chi connectivity index (χ0n) is 11.8. The van der Waals surface area contributed by atoms with Gasteiger partial charge in [-0.3, -0.25) is 9.52 Å². The number of halogens is 1. The highest BCUT2D eigenvalue weighted by Gasteiger charge is 2.20. The molecule has 0 aliphatic carbocycles. The topological polar surface area (TPSA) is 89.3 Å². The number of hydrogen-bond acceptors (Lipinski definition) is 3. The highest BCUT2D eigenvalue weighted by Crippen LogP contribution is 2.25. The number of carbonyl (C=O) groups excluding carboxylic acids is 1. The van der Waals surface area contributed by atoms with Crippen LogP contribution in [-0.4, -0.2) is 14.3 Å². The molecule has 5 nitrogen and oxygen atoms in total. The number of carbonyl (C=O) groups is 1. The molecule has 2 aromatic carbocycles. The molecule has 0 fully saturated rings. The minimum absolute atomic E-state index is 0.0186. The Bertz CT molecular complexity index is 819. The summed E-state index contributed by atoms with van der Waals surface area (Å²) in [4.78, 5) is 11.6. The van der Waals surface area contributed by atoms with Crippen molar-refractivity contribution < 1.29 is 13.2 Å². The summed E-state index contributed by atoms with van der Waals surface area (Å²) in [5, 5.41) is 0.297. The second-order valence-corrected chi connectivity index (χ2v) is 6.71. The Morgan fingerprint density at radius 3 is 2.55 bits per heavy atom. The SMILES string of the molecule is CCc1ccccc1S(=O)(=O)Nc1ccc(Cl)cc1C(N)=O. The lowest BCUT2D eigenvalue weighted by Crippen LogP contribution is -2.19. The van der Waals surface area contributed by atoms with Crippen LogP contribution in [0, 0.1) is 0 Å². The van der Waals surface area contributed by atoms with Crippen molar-refractivity contribution in [2.24, 2.45) is 5.73 Å². The van der Waals surface area contributed by atoms with Crippen molar-refractivity contribution in [2.45, 2.75) is 18.2 Å². The average Bonchev–Trinajstić information content (AvgIpc) is 2.48. The summed E-state index contributed by atoms with van der Waals surface area (Å²) in [6.45, 7) is 1.87. The van der Waals surface area contributed by atoms with E-state index in [2.05, 4.69) is 4.72 Å². The van der Waals surface area contributed by atoms with E-state index in [1.54, 1.807) is 18.2 Å². The molecule has 0 aromatic heterocycles. The van der Waals surface area contributed by atoms with Crippen LogP contribution in [-0.2, 0) is 16.4 Å². The molecule has 0 radical (unpaired) electrons. The van der Waals surface area contributed by atoms with E-state index < -0.39 is 15.9 Å². The third-order valence-corrected chi connectivity index (χ3v) is 4.84. The Morgan fingerprint density at radius 2 is 1.91 bits per heavy atom. The third kappa shape index (κ3) is 3.40. The van der Waals surface area contributed by atoms with Crippen molar-refractivity contribution in [1.82, 2.24) is 0 Å². The van der Waals surface area contributed by atoms with Gasteiger partial charge in [0.1, 0.15) is 0 Å². The number of primary amides is 1. The highest BCUT2D eigenvalue weighted by molar-refractivity contribution is 7.92. The first-order valence-electron chi connectivity index (χ1n) is 6.55. The fourth-order valence-corrected chi connectivity index (χ4v) is 3.63. The summed E-state index contributed by atoms with van der Waals surface area (Å²) < 4.78 is 27.5. The van der Waals surface area contributed by atoms with Gasteiger partial charge in [0.05, 0.1) is 16.1 Å². The van der Waals surface area contributed by atoms with Gasteiger partial charge in [0.2, 0.25) is 0 Å². The van der Waals surface area contributed by atoms with Gasteiger partial charge in [-0.05, 0) is 36.2 Å². The molecule has 0 unspecified atom stereocenters. The summed E-state index contributed by atoms with van der Waals surface area (Å²) in [5.74, 6) is -0.760. The van der Waals surface area contributed by atoms with E-state index in [4.69, 9.17) is 17.3 Å². The molecule has 0 aliphatic rings. The number of aryl methyl sites for hydroxylation is 1. The van der Waals surface area contributed by atoms with E-state index in [1.165, 1.54) is 24.3 Å². The fraction of sp³-hybridized carbons (Fsp3) is 0.133. The molecule has 116 valence electrons. The molecular formula is C15H15ClN2O3S. The Morgan fingerprint density at radius 1 is 1.23 bits per heavy atom. The summed E-state index contributed by atoms with van der Waals surface area (Å²) in [5.41, 5.74) is 6.07. The fourth-order valence-electron chi connectivity index (χ4n) is 2.07. The standard InChI is InChI=1S/C15H15ClN2O3S/c1-2-10-5-3-4-6-14(10)22(20,21)18-13-8-7-11(16)9-12(13)15(17)19/h3-9,18H,2H2,1H3,(H2,17,19). The van der Waals surface area contributed by atoms with Gasteiger partial charge >= 0.3 is 0 Å². The van der Waals surface area contributed by atoms with Gasteiger partial charge in [-0.15, -0.1) is 0 Å². The maximum absolute atomic E-state index is 12.5. The van der Waals surface area contributed by atoms with Gasteiger partial charge in [-0.25, -0.2) is 8.42 Å². The number of nitrogens with one attached hydrogen (secondary N) is 1. The number of sulfonamides is 1. The van der Waals surface area contributed by atoms with Crippen molar-refractivity contribution in [3.8, 4) is 0 Å². The van der Waals surface area contributed by atoms with Crippen LogP contribution >= 0.6 is 11.6 Å². The van der Waals surface area contributed by atoms with Gasteiger partial charge in [-0.2, -0.15) is 0 Å². The van der Waals surface area contributed by atoms with E-state index >= 15 is 0 Å². The molecule has 2 aromatic rings. The Balaban J connectivity index is 2.48. The predicted octanol–water partition coefficient (Wildman–Crippen LogP) is 2.80. The number of nitrogens with two attached hydrogens (primary N) is 1. The molecule has 1 amide bonds. The summed E-state index contributed by atoms with van der Waals surface area (Å²) in [6.07, 6.45) is 0.570. The lowest BCUT2D eigenvalue weighted by Gasteiger charge is -2.13. The molecule has 3 N–H and O–H groups in total. The smallest absolute Gasteiger partial charge is 0.262 e. The zero-order chi connectivity index (χ0) is 16.3. The number of amides is 1. The molecule has 7 heteroatoms. The van der Waals surface area contributed by atoms with E-state index in [0.29, 0.717) is 17.0 Å². The highest BCUT2D eigenvalue weighted by atomic mass is 35.5. The van der Waals surface area contributed by atoms with Crippen molar-refractivity contribution in [1.29, 1.82) is 0 Å². The molecule has 0 bridgehead atoms. The van der Waals surface area contributed by atoms with Crippen LogP contribution in [0.15, 0.2) is 47.4 Å². The molecule has 0 aliphatic heterocycles. The maximum Gasteiger partial charge on any atom is 0.262 e. The van der Waals surface area contributed by atoms with Gasteiger partial charge in [0.25, 0.3) is 15.9 Å². The largest absolute Gasteiger partial charge is 0.366 e. The molecular weight excluding hydrogens is 324 g/mol. The van der Waals surface area contributed by atoms with Gasteiger partial charge in [-0.1, -0.05) is 36.7 Å². The van der Waals surface area contributed by atoms with Crippen molar-refractivity contribution >= 4 is 33.2 Å². The molecule has 0 heterocycles. The van der Waals surface area contributed by atoms with Gasteiger partial charge < -0.3 is 5.73 Å². The second kappa shape index (κ2) is 6.37. The lowest BCUT2D eigenvalue weighted by atomic mass is 10.2. The molecule has 0 spiro atoms. The van der Waals surface area contributed by atoms with Crippen LogP contribution in [0.4, 0.5) is 5.69 Å². The van der Waals surface area contributed by atoms with E-state index in [0.717, 1.165) is 0 Å². The number of rotatable bonds is 5. The van der Waals surface area contributed by atoms with Crippen molar-refractivity contribution in [3.63, 3.8) is 0 Å². The Labute approximate surface area is 134 Å². The average molecular weight is 339 g/mol. The summed E-state index contributed by atoms with van der Waals surface area (Å²) in [6, 6.07) is 10.9. The number of benzene rings is 2. The summed E-state index contributed by atoms with van der Waals surface area (Å²) >= 11 is 5.81. The third-order valence-electron chi connectivity index (χ3n) is 3.13. The van der Waals surface area contributed by atoms with Crippen molar-refractivity contribution in [3.05, 3.63) is 58.6 Å². The van der Waals surface area contributed by atoms with Crippen LogP contribution < -0.4 is 10.5 Å². The van der Waals surface area contributed by atoms with Crippen LogP contribution in [0.5, 0.6) is 0 Å². The molecule has 22 heavy (non-hydrogen) atoms. The van der Waals surface area contributed by atoms with E-state index in [9.17, 15) is 13.2 Å². The van der Waals surface area contributed by atoms with Gasteiger partial charge in [0, 0.05) is 5.02 Å². The van der Waals surface area contributed by atoms with Crippen LogP contribution in [0.3, 0.4) is 0 Å². The van der Waals surface area contributed by atoms with Crippen LogP contribution in [0.25, 0.3) is 0 Å². The minimum atomic E-state index is -3.83. The normalized spacial score (nSPS) is 11.2. The molecule has 0 atom stereocenters. The van der Waals surface area contributed by atoms with Crippen LogP contribution in [0.1, 0.15) is 22.8 Å². The first-order valence-corrected chi connectivity index (χ1v) is 8.41. The zero-order valence-corrected chi connectivity index (χ0v) is 13.4. The molecule has 0 saturated heterocycles.